The van der Waals surface area contributed by atoms with Crippen LogP contribution in [0.1, 0.15) is 17.3 Å². The molecule has 2 atom stereocenters. The van der Waals surface area contributed by atoms with Crippen molar-refractivity contribution in [3.63, 3.8) is 0 Å². The van der Waals surface area contributed by atoms with E-state index in [4.69, 9.17) is 5.11 Å². The molecule has 0 saturated heterocycles. The Bertz CT molecular complexity index is 325. The molecule has 1 aromatic carbocycles. The van der Waals surface area contributed by atoms with E-state index in [1.807, 2.05) is 0 Å². The molecule has 0 aliphatic carbocycles. The first-order chi connectivity index (χ1) is 7.04. The van der Waals surface area contributed by atoms with Gasteiger partial charge in [0.05, 0.1) is 5.92 Å². The van der Waals surface area contributed by atoms with Gasteiger partial charge in [-0.05, 0) is 0 Å². The monoisotopic (exact) mass is 214 g/mol. The summed E-state index contributed by atoms with van der Waals surface area (Å²) >= 11 is 0. The molecule has 0 heterocycles. The zero-order chi connectivity index (χ0) is 11.4. The Morgan fingerprint density at radius 2 is 1.80 bits per heavy atom. The molecule has 2 unspecified atom stereocenters. The second-order valence-electron chi connectivity index (χ2n) is 3.34. The molecule has 0 aliphatic heterocycles. The summed E-state index contributed by atoms with van der Waals surface area (Å²) in [4.78, 5) is 11.6. The summed E-state index contributed by atoms with van der Waals surface area (Å²) in [6, 6.07) is 8.10. The zero-order valence-corrected chi connectivity index (χ0v) is 8.23. The number of Topliss-reactive ketones (excluding diaryl/α,β-unsaturated/α-hetero) is 1. The molecule has 0 amide bonds. The number of hydrogen-bond acceptors (Lipinski definition) is 2. The van der Waals surface area contributed by atoms with Crippen LogP contribution in [0.4, 0.5) is 8.78 Å². The van der Waals surface area contributed by atoms with Crippen molar-refractivity contribution in [3.05, 3.63) is 35.9 Å². The van der Waals surface area contributed by atoms with Crippen LogP contribution in [-0.4, -0.2) is 23.4 Å². The summed E-state index contributed by atoms with van der Waals surface area (Å²) in [7, 11) is 0. The smallest absolute Gasteiger partial charge is 0.264 e. The standard InChI is InChI=1S/C11H12F2O2/c1-7(10(15)11(12)13)9(14)8-5-3-2-4-6-8/h2-7,10-11,15H,1H3. The van der Waals surface area contributed by atoms with E-state index in [2.05, 4.69) is 0 Å². The molecule has 82 valence electrons. The van der Waals surface area contributed by atoms with Gasteiger partial charge < -0.3 is 5.11 Å². The van der Waals surface area contributed by atoms with Gasteiger partial charge in [-0.15, -0.1) is 0 Å². The molecule has 4 heteroatoms. The Hall–Kier alpha value is -1.29. The first-order valence-corrected chi connectivity index (χ1v) is 4.59. The van der Waals surface area contributed by atoms with Crippen LogP contribution in [0.25, 0.3) is 0 Å². The molecule has 0 radical (unpaired) electrons. The van der Waals surface area contributed by atoms with Crippen LogP contribution in [0.5, 0.6) is 0 Å². The number of hydrogen-bond donors (Lipinski definition) is 1. The fourth-order valence-corrected chi connectivity index (χ4v) is 1.24. The van der Waals surface area contributed by atoms with E-state index in [0.717, 1.165) is 0 Å². The second kappa shape index (κ2) is 4.98. The van der Waals surface area contributed by atoms with Crippen LogP contribution in [-0.2, 0) is 0 Å². The van der Waals surface area contributed by atoms with E-state index < -0.39 is 24.2 Å². The third-order valence-corrected chi connectivity index (χ3v) is 2.24. The van der Waals surface area contributed by atoms with Crippen molar-refractivity contribution < 1.29 is 18.7 Å². The van der Waals surface area contributed by atoms with Crippen molar-refractivity contribution in [2.45, 2.75) is 19.5 Å². The Morgan fingerprint density at radius 1 is 1.27 bits per heavy atom. The molecule has 1 aromatic rings. The first-order valence-electron chi connectivity index (χ1n) is 4.59. The van der Waals surface area contributed by atoms with Gasteiger partial charge in [-0.25, -0.2) is 8.78 Å². The van der Waals surface area contributed by atoms with Crippen molar-refractivity contribution in [1.82, 2.24) is 0 Å². The Balaban J connectivity index is 2.78. The molecule has 1 N–H and O–H groups in total. The maximum absolute atomic E-state index is 12.2. The van der Waals surface area contributed by atoms with Gasteiger partial charge in [0.15, 0.2) is 5.78 Å². The molecular weight excluding hydrogens is 202 g/mol. The first kappa shape index (κ1) is 11.8. The molecule has 1 rings (SSSR count). The lowest BCUT2D eigenvalue weighted by molar-refractivity contribution is -0.0283. The lowest BCUT2D eigenvalue weighted by atomic mass is 9.94. The molecule has 0 aliphatic rings. The highest BCUT2D eigenvalue weighted by molar-refractivity contribution is 5.97. The fraction of sp³-hybridized carbons (Fsp3) is 0.364. The quantitative estimate of drug-likeness (QED) is 0.779. The van der Waals surface area contributed by atoms with Gasteiger partial charge in [0.1, 0.15) is 6.10 Å². The Kier molecular flexibility index (Phi) is 3.91. The average molecular weight is 214 g/mol. The zero-order valence-electron chi connectivity index (χ0n) is 8.23. The van der Waals surface area contributed by atoms with E-state index >= 15 is 0 Å². The Labute approximate surface area is 86.5 Å². The lowest BCUT2D eigenvalue weighted by Gasteiger charge is -2.16. The van der Waals surface area contributed by atoms with Gasteiger partial charge >= 0.3 is 0 Å². The van der Waals surface area contributed by atoms with E-state index in [9.17, 15) is 13.6 Å². The van der Waals surface area contributed by atoms with Gasteiger partial charge in [-0.3, -0.25) is 4.79 Å². The number of rotatable bonds is 4. The minimum atomic E-state index is -2.90. The maximum atomic E-state index is 12.2. The van der Waals surface area contributed by atoms with Crippen molar-refractivity contribution >= 4 is 5.78 Å². The number of carbonyl (C=O) groups excluding carboxylic acids is 1. The summed E-state index contributed by atoms with van der Waals surface area (Å²) in [5.41, 5.74) is 0.338. The van der Waals surface area contributed by atoms with Crippen LogP contribution < -0.4 is 0 Å². The van der Waals surface area contributed by atoms with Crippen LogP contribution >= 0.6 is 0 Å². The number of ketones is 1. The highest BCUT2D eigenvalue weighted by Crippen LogP contribution is 2.16. The van der Waals surface area contributed by atoms with Crippen molar-refractivity contribution in [3.8, 4) is 0 Å². The van der Waals surface area contributed by atoms with E-state index in [1.165, 1.54) is 19.1 Å². The highest BCUT2D eigenvalue weighted by atomic mass is 19.3. The molecular formula is C11H12F2O2. The van der Waals surface area contributed by atoms with Gasteiger partial charge in [-0.2, -0.15) is 0 Å². The minimum absolute atomic E-state index is 0.338. The normalized spacial score (nSPS) is 15.0. The number of benzene rings is 1. The summed E-state index contributed by atoms with van der Waals surface area (Å²) < 4.78 is 24.3. The number of carbonyl (C=O) groups is 1. The lowest BCUT2D eigenvalue weighted by Crippen LogP contribution is -2.31. The van der Waals surface area contributed by atoms with Crippen LogP contribution in [0.15, 0.2) is 30.3 Å². The number of alkyl halides is 2. The molecule has 0 spiro atoms. The molecule has 0 fully saturated rings. The predicted octanol–water partition coefficient (Wildman–Crippen LogP) is 2.13. The third kappa shape index (κ3) is 2.83. The molecule has 0 aromatic heterocycles. The molecule has 0 bridgehead atoms. The molecule has 0 saturated carbocycles. The van der Waals surface area contributed by atoms with E-state index in [0.29, 0.717) is 5.56 Å². The number of aliphatic hydroxyl groups excluding tert-OH is 1. The van der Waals surface area contributed by atoms with Gasteiger partial charge in [-0.1, -0.05) is 37.3 Å². The summed E-state index contributed by atoms with van der Waals surface area (Å²) in [5, 5.41) is 9.06. The van der Waals surface area contributed by atoms with Gasteiger partial charge in [0.25, 0.3) is 6.43 Å². The summed E-state index contributed by atoms with van der Waals surface area (Å²) in [6.45, 7) is 1.30. The highest BCUT2D eigenvalue weighted by Gasteiger charge is 2.29. The van der Waals surface area contributed by atoms with Crippen molar-refractivity contribution in [2.75, 3.05) is 0 Å². The van der Waals surface area contributed by atoms with Crippen LogP contribution in [0, 0.1) is 5.92 Å². The fourth-order valence-electron chi connectivity index (χ4n) is 1.24. The van der Waals surface area contributed by atoms with E-state index in [1.54, 1.807) is 18.2 Å². The van der Waals surface area contributed by atoms with Crippen LogP contribution in [0.2, 0.25) is 0 Å². The summed E-state index contributed by atoms with van der Waals surface area (Å²) in [6.07, 6.45) is -4.80. The average Bonchev–Trinajstić information content (AvgIpc) is 2.27. The Morgan fingerprint density at radius 3 is 2.27 bits per heavy atom. The largest absolute Gasteiger partial charge is 0.386 e. The predicted molar refractivity (Wildman–Crippen MR) is 51.9 cm³/mol. The molecule has 2 nitrogen and oxygen atoms in total. The van der Waals surface area contributed by atoms with Crippen molar-refractivity contribution in [2.24, 2.45) is 5.92 Å². The number of aliphatic hydroxyl groups is 1. The van der Waals surface area contributed by atoms with Gasteiger partial charge in [0, 0.05) is 5.56 Å². The third-order valence-electron chi connectivity index (χ3n) is 2.24. The van der Waals surface area contributed by atoms with Crippen molar-refractivity contribution in [1.29, 1.82) is 0 Å². The number of halogens is 2. The van der Waals surface area contributed by atoms with E-state index in [-0.39, 0.29) is 0 Å². The minimum Gasteiger partial charge on any atom is -0.386 e. The van der Waals surface area contributed by atoms with Gasteiger partial charge in [0.2, 0.25) is 0 Å². The SMILES string of the molecule is CC(C(=O)c1ccccc1)C(O)C(F)F. The summed E-state index contributed by atoms with van der Waals surface area (Å²) in [5.74, 6) is -1.56. The topological polar surface area (TPSA) is 37.3 Å². The van der Waals surface area contributed by atoms with Crippen LogP contribution in [0.3, 0.4) is 0 Å². The molecule has 15 heavy (non-hydrogen) atoms. The second-order valence-corrected chi connectivity index (χ2v) is 3.34. The maximum Gasteiger partial charge on any atom is 0.264 e.